The van der Waals surface area contributed by atoms with Crippen molar-refractivity contribution in [2.75, 3.05) is 6.61 Å². The summed E-state index contributed by atoms with van der Waals surface area (Å²) in [5.74, 6) is -0.799. The fourth-order valence-electron chi connectivity index (χ4n) is 3.32. The standard InChI is InChI=1S/C24H46O4/c1-5-7-8-9-10-11-12-13-14-15-16-17-18-19-20-21-22(25)28-24(3,4)23(26)27-6-2/h5-21H2,1-4H3. The van der Waals surface area contributed by atoms with Crippen molar-refractivity contribution in [3.05, 3.63) is 0 Å². The Bertz CT molecular complexity index is 390. The van der Waals surface area contributed by atoms with Gasteiger partial charge in [-0.15, -0.1) is 0 Å². The van der Waals surface area contributed by atoms with E-state index < -0.39 is 11.6 Å². The molecular weight excluding hydrogens is 352 g/mol. The van der Waals surface area contributed by atoms with E-state index in [1.165, 1.54) is 83.5 Å². The van der Waals surface area contributed by atoms with E-state index in [0.717, 1.165) is 12.8 Å². The van der Waals surface area contributed by atoms with E-state index in [4.69, 9.17) is 9.47 Å². The van der Waals surface area contributed by atoms with Crippen LogP contribution in [-0.2, 0) is 19.1 Å². The molecule has 28 heavy (non-hydrogen) atoms. The monoisotopic (exact) mass is 398 g/mol. The fourth-order valence-corrected chi connectivity index (χ4v) is 3.32. The molecule has 0 aliphatic carbocycles. The number of carbonyl (C=O) groups excluding carboxylic acids is 2. The summed E-state index contributed by atoms with van der Waals surface area (Å²) in [4.78, 5) is 23.6. The molecule has 0 N–H and O–H groups in total. The van der Waals surface area contributed by atoms with Gasteiger partial charge in [-0.1, -0.05) is 96.8 Å². The molecule has 0 heterocycles. The third-order valence-electron chi connectivity index (χ3n) is 5.12. The van der Waals surface area contributed by atoms with E-state index in [-0.39, 0.29) is 5.97 Å². The van der Waals surface area contributed by atoms with Crippen LogP contribution in [0.5, 0.6) is 0 Å². The van der Waals surface area contributed by atoms with Crippen LogP contribution in [0, 0.1) is 0 Å². The fraction of sp³-hybridized carbons (Fsp3) is 0.917. The van der Waals surface area contributed by atoms with Crippen molar-refractivity contribution in [3.63, 3.8) is 0 Å². The predicted octanol–water partition coefficient (Wildman–Crippen LogP) is 7.13. The number of hydrogen-bond acceptors (Lipinski definition) is 4. The molecule has 0 fully saturated rings. The minimum absolute atomic E-state index is 0.291. The summed E-state index contributed by atoms with van der Waals surface area (Å²) in [7, 11) is 0. The molecule has 0 bridgehead atoms. The van der Waals surface area contributed by atoms with Crippen LogP contribution in [0.15, 0.2) is 0 Å². The Morgan fingerprint density at radius 2 is 1.04 bits per heavy atom. The van der Waals surface area contributed by atoms with Crippen LogP contribution in [0.2, 0.25) is 0 Å². The zero-order valence-electron chi connectivity index (χ0n) is 19.2. The van der Waals surface area contributed by atoms with Gasteiger partial charge >= 0.3 is 11.9 Å². The van der Waals surface area contributed by atoms with Gasteiger partial charge in [-0.05, 0) is 27.2 Å². The maximum absolute atomic E-state index is 11.9. The number of rotatable bonds is 19. The zero-order valence-corrected chi connectivity index (χ0v) is 19.2. The lowest BCUT2D eigenvalue weighted by Gasteiger charge is -2.22. The normalized spacial score (nSPS) is 11.4. The van der Waals surface area contributed by atoms with Gasteiger partial charge in [0.1, 0.15) is 0 Å². The summed E-state index contributed by atoms with van der Waals surface area (Å²) in [5.41, 5.74) is -1.19. The maximum atomic E-state index is 11.9. The highest BCUT2D eigenvalue weighted by atomic mass is 16.6. The molecule has 0 saturated carbocycles. The Labute approximate surface area is 174 Å². The molecule has 0 aliphatic rings. The summed E-state index contributed by atoms with van der Waals surface area (Å²) in [5, 5.41) is 0. The molecule has 0 saturated heterocycles. The lowest BCUT2D eigenvalue weighted by Crippen LogP contribution is -2.38. The van der Waals surface area contributed by atoms with E-state index in [9.17, 15) is 9.59 Å². The molecule has 4 nitrogen and oxygen atoms in total. The second-order valence-electron chi connectivity index (χ2n) is 8.40. The zero-order chi connectivity index (χ0) is 21.1. The molecule has 0 atom stereocenters. The van der Waals surface area contributed by atoms with Crippen LogP contribution in [0.1, 0.15) is 130 Å². The van der Waals surface area contributed by atoms with Gasteiger partial charge in [0.2, 0.25) is 5.60 Å². The third-order valence-corrected chi connectivity index (χ3v) is 5.12. The van der Waals surface area contributed by atoms with Gasteiger partial charge in [0, 0.05) is 6.42 Å². The van der Waals surface area contributed by atoms with Gasteiger partial charge in [0.15, 0.2) is 0 Å². The van der Waals surface area contributed by atoms with E-state index >= 15 is 0 Å². The lowest BCUT2D eigenvalue weighted by molar-refractivity contribution is -0.178. The number of ether oxygens (including phenoxy) is 2. The van der Waals surface area contributed by atoms with Gasteiger partial charge in [0.25, 0.3) is 0 Å². The maximum Gasteiger partial charge on any atom is 0.349 e. The van der Waals surface area contributed by atoms with Crippen LogP contribution >= 0.6 is 0 Å². The Morgan fingerprint density at radius 1 is 0.643 bits per heavy atom. The number of hydrogen-bond donors (Lipinski definition) is 0. The minimum atomic E-state index is -1.19. The summed E-state index contributed by atoms with van der Waals surface area (Å²) in [6, 6.07) is 0. The number of unbranched alkanes of at least 4 members (excludes halogenated alkanes) is 14. The second kappa shape index (κ2) is 18.0. The van der Waals surface area contributed by atoms with Crippen LogP contribution in [0.4, 0.5) is 0 Å². The molecule has 166 valence electrons. The molecule has 0 spiro atoms. The number of carbonyl (C=O) groups is 2. The molecule has 0 rings (SSSR count). The van der Waals surface area contributed by atoms with Crippen molar-refractivity contribution < 1.29 is 19.1 Å². The largest absolute Gasteiger partial charge is 0.463 e. The Kier molecular flexibility index (Phi) is 17.3. The summed E-state index contributed by atoms with van der Waals surface area (Å²) < 4.78 is 10.2. The lowest BCUT2D eigenvalue weighted by atomic mass is 10.0. The molecule has 4 heteroatoms. The number of esters is 2. The van der Waals surface area contributed by atoms with Gasteiger partial charge < -0.3 is 9.47 Å². The molecular formula is C24H46O4. The van der Waals surface area contributed by atoms with Crippen LogP contribution in [-0.4, -0.2) is 24.1 Å². The van der Waals surface area contributed by atoms with Gasteiger partial charge in [0.05, 0.1) is 6.61 Å². The van der Waals surface area contributed by atoms with Crippen LogP contribution in [0.3, 0.4) is 0 Å². The molecule has 0 unspecified atom stereocenters. The molecule has 0 amide bonds. The third kappa shape index (κ3) is 15.9. The summed E-state index contributed by atoms with van der Waals surface area (Å²) in [6.45, 7) is 7.46. The van der Waals surface area contributed by atoms with E-state index in [1.54, 1.807) is 20.8 Å². The second-order valence-corrected chi connectivity index (χ2v) is 8.40. The average Bonchev–Trinajstić information content (AvgIpc) is 2.64. The highest BCUT2D eigenvalue weighted by molar-refractivity contribution is 5.82. The Hall–Kier alpha value is -1.06. The van der Waals surface area contributed by atoms with E-state index in [0.29, 0.717) is 13.0 Å². The van der Waals surface area contributed by atoms with Crippen molar-refractivity contribution in [1.29, 1.82) is 0 Å². The van der Waals surface area contributed by atoms with Crippen molar-refractivity contribution >= 4 is 11.9 Å². The van der Waals surface area contributed by atoms with Crippen molar-refractivity contribution in [1.82, 2.24) is 0 Å². The highest BCUT2D eigenvalue weighted by Gasteiger charge is 2.33. The van der Waals surface area contributed by atoms with Crippen LogP contribution in [0.25, 0.3) is 0 Å². The van der Waals surface area contributed by atoms with Crippen molar-refractivity contribution in [2.45, 2.75) is 136 Å². The molecule has 0 aromatic carbocycles. The first-order valence-electron chi connectivity index (χ1n) is 11.8. The molecule has 0 aromatic rings. The highest BCUT2D eigenvalue weighted by Crippen LogP contribution is 2.16. The van der Waals surface area contributed by atoms with E-state index in [1.807, 2.05) is 0 Å². The van der Waals surface area contributed by atoms with Crippen molar-refractivity contribution in [2.24, 2.45) is 0 Å². The first kappa shape index (κ1) is 26.9. The van der Waals surface area contributed by atoms with Gasteiger partial charge in [-0.2, -0.15) is 0 Å². The topological polar surface area (TPSA) is 52.6 Å². The molecule has 0 aromatic heterocycles. The smallest absolute Gasteiger partial charge is 0.349 e. The molecule has 0 radical (unpaired) electrons. The van der Waals surface area contributed by atoms with Gasteiger partial charge in [-0.25, -0.2) is 4.79 Å². The predicted molar refractivity (Wildman–Crippen MR) is 116 cm³/mol. The Morgan fingerprint density at radius 3 is 1.43 bits per heavy atom. The summed E-state index contributed by atoms with van der Waals surface area (Å²) >= 11 is 0. The van der Waals surface area contributed by atoms with Crippen molar-refractivity contribution in [3.8, 4) is 0 Å². The first-order valence-corrected chi connectivity index (χ1v) is 11.8. The van der Waals surface area contributed by atoms with E-state index in [2.05, 4.69) is 6.92 Å². The summed E-state index contributed by atoms with van der Waals surface area (Å²) in [6.07, 6.45) is 19.9. The first-order chi connectivity index (χ1) is 13.4. The minimum Gasteiger partial charge on any atom is -0.463 e. The van der Waals surface area contributed by atoms with Crippen LogP contribution < -0.4 is 0 Å². The average molecular weight is 399 g/mol. The van der Waals surface area contributed by atoms with Gasteiger partial charge in [-0.3, -0.25) is 4.79 Å². The molecule has 0 aliphatic heterocycles. The SMILES string of the molecule is CCCCCCCCCCCCCCCCCC(=O)OC(C)(C)C(=O)OCC. The quantitative estimate of drug-likeness (QED) is 0.171. The Balaban J connectivity index is 3.41.